The van der Waals surface area contributed by atoms with Crippen LogP contribution in [0.1, 0.15) is 27.9 Å². The zero-order valence-corrected chi connectivity index (χ0v) is 18.0. The van der Waals surface area contributed by atoms with Crippen molar-refractivity contribution >= 4 is 32.6 Å². The zero-order valence-electron chi connectivity index (χ0n) is 17.2. The molecule has 29 heavy (non-hydrogen) atoms. The van der Waals surface area contributed by atoms with Gasteiger partial charge in [-0.25, -0.2) is 4.98 Å². The summed E-state index contributed by atoms with van der Waals surface area (Å²) in [6.07, 6.45) is 0.858. The van der Waals surface area contributed by atoms with E-state index in [0.29, 0.717) is 23.6 Å². The molecule has 4 rings (SSSR count). The normalized spacial score (nSPS) is 12.7. The summed E-state index contributed by atoms with van der Waals surface area (Å²) in [5, 5.41) is 0.732. The van der Waals surface area contributed by atoms with Crippen molar-refractivity contribution in [3.05, 3.63) is 47.0 Å². The number of fused-ring (bicyclic) bond motifs is 2. The number of hydrogen-bond acceptors (Lipinski definition) is 6. The molecule has 2 heterocycles. The van der Waals surface area contributed by atoms with Gasteiger partial charge < -0.3 is 14.4 Å². The zero-order chi connectivity index (χ0) is 20.5. The second kappa shape index (κ2) is 8.00. The average molecular weight is 412 g/mol. The van der Waals surface area contributed by atoms with E-state index in [9.17, 15) is 4.79 Å². The van der Waals surface area contributed by atoms with Crippen LogP contribution in [0.5, 0.6) is 11.5 Å². The SMILES string of the molecule is Cc1cc(C)c2nc(N(CCCN(C)C)C(=O)c3ccc4c(c3)OCO4)sc2c1. The minimum absolute atomic E-state index is 0.0736. The Bertz CT molecular complexity index is 1060. The third-order valence-electron chi connectivity index (χ3n) is 4.90. The van der Waals surface area contributed by atoms with Gasteiger partial charge in [-0.05, 0) is 76.3 Å². The molecule has 0 unspecified atom stereocenters. The average Bonchev–Trinajstić information content (AvgIpc) is 3.30. The van der Waals surface area contributed by atoms with E-state index in [2.05, 4.69) is 30.9 Å². The van der Waals surface area contributed by atoms with Gasteiger partial charge in [-0.1, -0.05) is 17.4 Å². The molecular formula is C22H25N3O3S. The van der Waals surface area contributed by atoms with Crippen LogP contribution in [0.2, 0.25) is 0 Å². The Hall–Kier alpha value is -2.64. The van der Waals surface area contributed by atoms with Crippen molar-refractivity contribution in [3.8, 4) is 11.5 Å². The van der Waals surface area contributed by atoms with Gasteiger partial charge in [0.2, 0.25) is 6.79 Å². The first-order chi connectivity index (χ1) is 13.9. The number of anilines is 1. The third-order valence-corrected chi connectivity index (χ3v) is 5.93. The Labute approximate surface area is 174 Å². The second-order valence-electron chi connectivity index (χ2n) is 7.61. The molecule has 0 saturated heterocycles. The molecule has 0 bridgehead atoms. The molecule has 2 aromatic carbocycles. The lowest BCUT2D eigenvalue weighted by molar-refractivity contribution is 0.0985. The van der Waals surface area contributed by atoms with E-state index < -0.39 is 0 Å². The van der Waals surface area contributed by atoms with Crippen molar-refractivity contribution in [1.82, 2.24) is 9.88 Å². The number of thiazole rings is 1. The van der Waals surface area contributed by atoms with Crippen LogP contribution in [0, 0.1) is 13.8 Å². The van der Waals surface area contributed by atoms with Gasteiger partial charge in [0.15, 0.2) is 16.6 Å². The highest BCUT2D eigenvalue weighted by Gasteiger charge is 2.24. The molecule has 0 radical (unpaired) electrons. The van der Waals surface area contributed by atoms with Gasteiger partial charge in [0.1, 0.15) is 0 Å². The summed E-state index contributed by atoms with van der Waals surface area (Å²) in [5.74, 6) is 1.21. The fraction of sp³-hybridized carbons (Fsp3) is 0.364. The number of carbonyl (C=O) groups is 1. The van der Waals surface area contributed by atoms with E-state index in [1.807, 2.05) is 14.1 Å². The fourth-order valence-electron chi connectivity index (χ4n) is 3.49. The van der Waals surface area contributed by atoms with Crippen LogP contribution in [0.25, 0.3) is 10.2 Å². The van der Waals surface area contributed by atoms with Gasteiger partial charge in [-0.2, -0.15) is 0 Å². The highest BCUT2D eigenvalue weighted by molar-refractivity contribution is 7.22. The largest absolute Gasteiger partial charge is 0.454 e. The summed E-state index contributed by atoms with van der Waals surface area (Å²) in [5.41, 5.74) is 3.87. The topological polar surface area (TPSA) is 54.9 Å². The molecule has 7 heteroatoms. The first-order valence-corrected chi connectivity index (χ1v) is 10.5. The molecule has 0 fully saturated rings. The summed E-state index contributed by atoms with van der Waals surface area (Å²) in [7, 11) is 4.07. The van der Waals surface area contributed by atoms with Gasteiger partial charge in [0.05, 0.1) is 10.2 Å². The molecule has 1 amide bonds. The van der Waals surface area contributed by atoms with Crippen LogP contribution in [0.3, 0.4) is 0 Å². The van der Waals surface area contributed by atoms with Crippen LogP contribution < -0.4 is 14.4 Å². The van der Waals surface area contributed by atoms with Crippen molar-refractivity contribution < 1.29 is 14.3 Å². The summed E-state index contributed by atoms with van der Waals surface area (Å²) in [4.78, 5) is 22.2. The number of ether oxygens (including phenoxy) is 2. The van der Waals surface area contributed by atoms with Crippen molar-refractivity contribution in [1.29, 1.82) is 0 Å². The number of nitrogens with zero attached hydrogens (tertiary/aromatic N) is 3. The number of aromatic nitrogens is 1. The van der Waals surface area contributed by atoms with E-state index in [1.54, 1.807) is 34.4 Å². The lowest BCUT2D eigenvalue weighted by Gasteiger charge is -2.21. The lowest BCUT2D eigenvalue weighted by Crippen LogP contribution is -2.33. The van der Waals surface area contributed by atoms with Gasteiger partial charge in [0, 0.05) is 12.1 Å². The van der Waals surface area contributed by atoms with E-state index in [4.69, 9.17) is 14.5 Å². The first kappa shape index (κ1) is 19.7. The van der Waals surface area contributed by atoms with Crippen LogP contribution in [-0.2, 0) is 0 Å². The van der Waals surface area contributed by atoms with E-state index in [-0.39, 0.29) is 12.7 Å². The Kier molecular flexibility index (Phi) is 5.43. The standard InChI is InChI=1S/C22H25N3O3S/c1-14-10-15(2)20-19(11-14)29-22(23-20)25(9-5-8-24(3)4)21(26)16-6-7-17-18(12-16)28-13-27-17/h6-7,10-12H,5,8-9,13H2,1-4H3. The Morgan fingerprint density at radius 1 is 1.10 bits per heavy atom. The molecule has 152 valence electrons. The molecule has 0 aliphatic carbocycles. The first-order valence-electron chi connectivity index (χ1n) is 9.66. The predicted molar refractivity (Wildman–Crippen MR) is 117 cm³/mol. The van der Waals surface area contributed by atoms with E-state index in [1.165, 1.54) is 5.56 Å². The minimum Gasteiger partial charge on any atom is -0.454 e. The number of aryl methyl sites for hydroxylation is 2. The molecule has 0 spiro atoms. The second-order valence-corrected chi connectivity index (χ2v) is 8.62. The number of rotatable bonds is 6. The maximum absolute atomic E-state index is 13.4. The van der Waals surface area contributed by atoms with Crippen molar-refractivity contribution in [3.63, 3.8) is 0 Å². The van der Waals surface area contributed by atoms with Crippen molar-refractivity contribution in [2.75, 3.05) is 38.9 Å². The molecular weight excluding hydrogens is 386 g/mol. The number of amides is 1. The highest BCUT2D eigenvalue weighted by Crippen LogP contribution is 2.35. The number of hydrogen-bond donors (Lipinski definition) is 0. The molecule has 6 nitrogen and oxygen atoms in total. The van der Waals surface area contributed by atoms with Gasteiger partial charge in [0.25, 0.3) is 5.91 Å². The van der Waals surface area contributed by atoms with Crippen LogP contribution in [-0.4, -0.2) is 49.8 Å². The van der Waals surface area contributed by atoms with Gasteiger partial charge >= 0.3 is 0 Å². The Morgan fingerprint density at radius 3 is 2.69 bits per heavy atom. The smallest absolute Gasteiger partial charge is 0.260 e. The molecule has 3 aromatic rings. The Balaban J connectivity index is 1.69. The molecule has 1 aliphatic heterocycles. The highest BCUT2D eigenvalue weighted by atomic mass is 32.1. The monoisotopic (exact) mass is 411 g/mol. The Morgan fingerprint density at radius 2 is 1.90 bits per heavy atom. The van der Waals surface area contributed by atoms with E-state index >= 15 is 0 Å². The molecule has 1 aliphatic rings. The van der Waals surface area contributed by atoms with Gasteiger partial charge in [-0.15, -0.1) is 0 Å². The molecule has 0 saturated carbocycles. The summed E-state index contributed by atoms with van der Waals surface area (Å²) >= 11 is 1.57. The third kappa shape index (κ3) is 4.06. The quantitative estimate of drug-likeness (QED) is 0.607. The fourth-order valence-corrected chi connectivity index (χ4v) is 4.66. The maximum atomic E-state index is 13.4. The molecule has 0 N–H and O–H groups in total. The van der Waals surface area contributed by atoms with Crippen molar-refractivity contribution in [2.45, 2.75) is 20.3 Å². The van der Waals surface area contributed by atoms with E-state index in [0.717, 1.165) is 33.9 Å². The van der Waals surface area contributed by atoms with Crippen LogP contribution in [0.15, 0.2) is 30.3 Å². The maximum Gasteiger partial charge on any atom is 0.260 e. The molecule has 1 aromatic heterocycles. The van der Waals surface area contributed by atoms with Gasteiger partial charge in [-0.3, -0.25) is 9.69 Å². The summed E-state index contributed by atoms with van der Waals surface area (Å²) in [6.45, 7) is 5.83. The number of benzene rings is 2. The summed E-state index contributed by atoms with van der Waals surface area (Å²) in [6, 6.07) is 9.59. The lowest BCUT2D eigenvalue weighted by atomic mass is 10.1. The molecule has 0 atom stereocenters. The van der Waals surface area contributed by atoms with Crippen LogP contribution >= 0.6 is 11.3 Å². The number of carbonyl (C=O) groups excluding carboxylic acids is 1. The van der Waals surface area contributed by atoms with Crippen LogP contribution in [0.4, 0.5) is 5.13 Å². The summed E-state index contributed by atoms with van der Waals surface area (Å²) < 4.78 is 11.9. The predicted octanol–water partition coefficient (Wildman–Crippen LogP) is 4.24. The minimum atomic E-state index is -0.0736. The van der Waals surface area contributed by atoms with Crippen molar-refractivity contribution in [2.24, 2.45) is 0 Å².